The fourth-order valence-corrected chi connectivity index (χ4v) is 2.26. The lowest BCUT2D eigenvalue weighted by molar-refractivity contribution is 0.0168. The van der Waals surface area contributed by atoms with E-state index in [4.69, 9.17) is 9.15 Å². The number of carbonyl (C=O) groups excluding carboxylic acids is 1. The molecule has 1 atom stereocenters. The monoisotopic (exact) mass is 288 g/mol. The van der Waals surface area contributed by atoms with E-state index in [2.05, 4.69) is 20.3 Å². The third-order valence-electron chi connectivity index (χ3n) is 3.31. The molecule has 1 aliphatic heterocycles. The number of amides is 1. The fourth-order valence-electron chi connectivity index (χ4n) is 2.26. The average molecular weight is 288 g/mol. The molecule has 2 aromatic rings. The number of carbonyl (C=O) groups is 1. The molecule has 0 radical (unpaired) electrons. The minimum atomic E-state index is -0.300. The van der Waals surface area contributed by atoms with E-state index in [9.17, 15) is 4.79 Å². The Hall–Kier alpha value is -2.28. The number of ether oxygens (including phenoxy) is 1. The van der Waals surface area contributed by atoms with Crippen molar-refractivity contribution >= 4 is 5.91 Å². The molecule has 0 aromatic carbocycles. The molecule has 1 unspecified atom stereocenters. The van der Waals surface area contributed by atoms with Gasteiger partial charge in [0.15, 0.2) is 11.4 Å². The van der Waals surface area contributed by atoms with Crippen molar-refractivity contribution in [1.82, 2.24) is 20.3 Å². The summed E-state index contributed by atoms with van der Waals surface area (Å²) in [6.45, 7) is 1.23. The van der Waals surface area contributed by atoms with Crippen LogP contribution in [0.5, 0.6) is 0 Å². The van der Waals surface area contributed by atoms with E-state index >= 15 is 0 Å². The molecule has 1 saturated heterocycles. The first-order valence-corrected chi connectivity index (χ1v) is 6.95. The molecule has 7 nitrogen and oxygen atoms in total. The molecule has 2 aromatic heterocycles. The van der Waals surface area contributed by atoms with Crippen molar-refractivity contribution in [2.75, 3.05) is 13.2 Å². The molecule has 3 heterocycles. The fraction of sp³-hybridized carbons (Fsp3) is 0.429. The number of nitrogens with one attached hydrogen (secondary N) is 1. The molecule has 110 valence electrons. The number of rotatable bonds is 4. The highest BCUT2D eigenvalue weighted by atomic mass is 16.5. The van der Waals surface area contributed by atoms with Crippen molar-refractivity contribution in [2.45, 2.75) is 25.4 Å². The first-order valence-electron chi connectivity index (χ1n) is 6.95. The van der Waals surface area contributed by atoms with E-state index < -0.39 is 0 Å². The Morgan fingerprint density at radius 3 is 2.90 bits per heavy atom. The van der Waals surface area contributed by atoms with Crippen LogP contribution in [-0.2, 0) is 4.74 Å². The van der Waals surface area contributed by atoms with Crippen molar-refractivity contribution in [3.05, 3.63) is 30.5 Å². The third kappa shape index (κ3) is 3.25. The largest absolute Gasteiger partial charge is 0.443 e. The van der Waals surface area contributed by atoms with Crippen LogP contribution in [0.15, 0.2) is 29.3 Å². The topological polar surface area (TPSA) is 90.1 Å². The Balaban J connectivity index is 1.70. The van der Waals surface area contributed by atoms with E-state index in [0.29, 0.717) is 12.2 Å². The van der Waals surface area contributed by atoms with Gasteiger partial charge >= 0.3 is 0 Å². The second-order valence-electron chi connectivity index (χ2n) is 4.79. The van der Waals surface area contributed by atoms with Gasteiger partial charge in [-0.1, -0.05) is 0 Å². The van der Waals surface area contributed by atoms with Gasteiger partial charge < -0.3 is 14.5 Å². The molecule has 0 aliphatic carbocycles. The van der Waals surface area contributed by atoms with Gasteiger partial charge in [0.2, 0.25) is 5.89 Å². The van der Waals surface area contributed by atoms with Crippen LogP contribution in [0.25, 0.3) is 11.6 Å². The number of hydrogen-bond acceptors (Lipinski definition) is 6. The van der Waals surface area contributed by atoms with Crippen molar-refractivity contribution in [2.24, 2.45) is 0 Å². The van der Waals surface area contributed by atoms with Crippen LogP contribution in [-0.4, -0.2) is 40.1 Å². The van der Waals surface area contributed by atoms with Gasteiger partial charge in [0.05, 0.1) is 12.3 Å². The van der Waals surface area contributed by atoms with E-state index in [-0.39, 0.29) is 23.6 Å². The van der Waals surface area contributed by atoms with Crippen LogP contribution in [0, 0.1) is 0 Å². The quantitative estimate of drug-likeness (QED) is 0.915. The van der Waals surface area contributed by atoms with Crippen LogP contribution in [0.4, 0.5) is 0 Å². The van der Waals surface area contributed by atoms with E-state index in [1.807, 2.05) is 0 Å². The van der Waals surface area contributed by atoms with Crippen LogP contribution in [0.3, 0.4) is 0 Å². The van der Waals surface area contributed by atoms with Crippen LogP contribution < -0.4 is 5.32 Å². The number of hydrogen-bond donors (Lipinski definition) is 1. The van der Waals surface area contributed by atoms with Gasteiger partial charge in [-0.3, -0.25) is 4.79 Å². The summed E-state index contributed by atoms with van der Waals surface area (Å²) in [5.74, 6) is -0.0207. The molecule has 0 spiro atoms. The van der Waals surface area contributed by atoms with Crippen LogP contribution in [0.1, 0.15) is 29.8 Å². The van der Waals surface area contributed by atoms with E-state index in [1.165, 1.54) is 24.9 Å². The predicted molar refractivity (Wildman–Crippen MR) is 73.5 cm³/mol. The van der Waals surface area contributed by atoms with Gasteiger partial charge in [-0.05, 0) is 19.3 Å². The average Bonchev–Trinajstić information content (AvgIpc) is 3.08. The highest BCUT2D eigenvalue weighted by Gasteiger charge is 2.20. The maximum Gasteiger partial charge on any atom is 0.272 e. The Morgan fingerprint density at radius 1 is 1.24 bits per heavy atom. The Kier molecular flexibility index (Phi) is 4.20. The molecular formula is C14H16N4O3. The summed E-state index contributed by atoms with van der Waals surface area (Å²) in [6.07, 6.45) is 9.16. The van der Waals surface area contributed by atoms with Crippen LogP contribution in [0.2, 0.25) is 0 Å². The first kappa shape index (κ1) is 13.7. The zero-order valence-electron chi connectivity index (χ0n) is 11.5. The molecule has 1 N–H and O–H groups in total. The zero-order chi connectivity index (χ0) is 14.5. The van der Waals surface area contributed by atoms with Crippen molar-refractivity contribution in [3.8, 4) is 11.6 Å². The van der Waals surface area contributed by atoms with E-state index in [1.54, 1.807) is 0 Å². The predicted octanol–water partition coefficient (Wildman–Crippen LogP) is 1.43. The Labute approximate surface area is 121 Å². The maximum atomic E-state index is 12.3. The van der Waals surface area contributed by atoms with Gasteiger partial charge in [-0.15, -0.1) is 0 Å². The molecular weight excluding hydrogens is 272 g/mol. The minimum Gasteiger partial charge on any atom is -0.443 e. The second-order valence-corrected chi connectivity index (χ2v) is 4.79. The lowest BCUT2D eigenvalue weighted by Crippen LogP contribution is -2.36. The van der Waals surface area contributed by atoms with Gasteiger partial charge in [0.25, 0.3) is 5.91 Å². The molecule has 7 heteroatoms. The normalized spacial score (nSPS) is 18.4. The minimum absolute atomic E-state index is 0.0737. The number of oxazole rings is 1. The summed E-state index contributed by atoms with van der Waals surface area (Å²) in [6, 6.07) is 0. The standard InChI is InChI=1S/C14H16N4O3/c19-13(18-9-10-3-1-2-7-20-10)11-12(16-5-4-15-11)14-17-6-8-21-14/h4-6,8,10H,1-3,7,9H2,(H,18,19). The van der Waals surface area contributed by atoms with Gasteiger partial charge in [-0.2, -0.15) is 0 Å². The summed E-state index contributed by atoms with van der Waals surface area (Å²) in [4.78, 5) is 24.5. The van der Waals surface area contributed by atoms with E-state index in [0.717, 1.165) is 25.9 Å². The molecule has 1 aliphatic rings. The van der Waals surface area contributed by atoms with Crippen molar-refractivity contribution in [3.63, 3.8) is 0 Å². The Morgan fingerprint density at radius 2 is 2.14 bits per heavy atom. The SMILES string of the molecule is O=C(NCC1CCCCO1)c1nccnc1-c1ncco1. The third-order valence-corrected chi connectivity index (χ3v) is 3.31. The Bertz CT molecular complexity index is 594. The van der Waals surface area contributed by atoms with Gasteiger partial charge in [0.1, 0.15) is 6.26 Å². The summed E-state index contributed by atoms with van der Waals surface area (Å²) in [5, 5.41) is 2.84. The zero-order valence-corrected chi connectivity index (χ0v) is 11.5. The highest BCUT2D eigenvalue weighted by molar-refractivity contribution is 5.97. The number of nitrogens with zero attached hydrogens (tertiary/aromatic N) is 3. The number of aromatic nitrogens is 3. The lowest BCUT2D eigenvalue weighted by atomic mass is 10.1. The molecule has 0 saturated carbocycles. The lowest BCUT2D eigenvalue weighted by Gasteiger charge is -2.22. The first-order chi connectivity index (χ1) is 10.3. The molecule has 1 fully saturated rings. The van der Waals surface area contributed by atoms with Crippen LogP contribution >= 0.6 is 0 Å². The second kappa shape index (κ2) is 6.45. The summed E-state index contributed by atoms with van der Waals surface area (Å²) >= 11 is 0. The van der Waals surface area contributed by atoms with Crippen molar-refractivity contribution < 1.29 is 13.9 Å². The highest BCUT2D eigenvalue weighted by Crippen LogP contribution is 2.17. The summed E-state index contributed by atoms with van der Waals surface area (Å²) in [7, 11) is 0. The molecule has 1 amide bonds. The van der Waals surface area contributed by atoms with Gasteiger partial charge in [-0.25, -0.2) is 15.0 Å². The van der Waals surface area contributed by atoms with Crippen molar-refractivity contribution in [1.29, 1.82) is 0 Å². The summed E-state index contributed by atoms with van der Waals surface area (Å²) in [5.41, 5.74) is 0.542. The maximum absolute atomic E-state index is 12.3. The smallest absolute Gasteiger partial charge is 0.272 e. The van der Waals surface area contributed by atoms with Gasteiger partial charge in [0, 0.05) is 25.5 Å². The molecule has 3 rings (SSSR count). The molecule has 21 heavy (non-hydrogen) atoms. The molecule has 0 bridgehead atoms. The summed E-state index contributed by atoms with van der Waals surface area (Å²) < 4.78 is 10.8.